The predicted molar refractivity (Wildman–Crippen MR) is 121 cm³/mol. The molecule has 1 aromatic carbocycles. The highest BCUT2D eigenvalue weighted by Gasteiger charge is 2.33. The number of piperidine rings is 1. The number of likely N-dealkylation sites (tertiary alicyclic amines) is 1. The molecule has 168 valence electrons. The van der Waals surface area contributed by atoms with Gasteiger partial charge in [0.15, 0.2) is 10.9 Å². The average molecular weight is 456 g/mol. The Morgan fingerprint density at radius 3 is 2.78 bits per heavy atom. The van der Waals surface area contributed by atoms with Crippen molar-refractivity contribution in [1.82, 2.24) is 15.4 Å². The summed E-state index contributed by atoms with van der Waals surface area (Å²) < 4.78 is 5.08. The number of aromatic nitrogens is 1. The van der Waals surface area contributed by atoms with E-state index in [1.165, 1.54) is 18.2 Å². The summed E-state index contributed by atoms with van der Waals surface area (Å²) in [7, 11) is 0. The van der Waals surface area contributed by atoms with Crippen LogP contribution >= 0.6 is 11.8 Å². The molecule has 3 heterocycles. The summed E-state index contributed by atoms with van der Waals surface area (Å²) in [6.45, 7) is 3.84. The van der Waals surface area contributed by atoms with Gasteiger partial charge in [0.2, 0.25) is 5.91 Å². The van der Waals surface area contributed by atoms with E-state index in [-0.39, 0.29) is 30.7 Å². The fraction of sp³-hybridized carbons (Fsp3) is 0.409. The van der Waals surface area contributed by atoms with Crippen molar-refractivity contribution in [3.63, 3.8) is 0 Å². The Labute approximate surface area is 190 Å². The number of aryl methyl sites for hydroxylation is 1. The van der Waals surface area contributed by atoms with E-state index in [9.17, 15) is 14.4 Å². The fourth-order valence-electron chi connectivity index (χ4n) is 3.62. The summed E-state index contributed by atoms with van der Waals surface area (Å²) in [6, 6.07) is 8.40. The molecule has 2 aliphatic rings. The molecule has 1 saturated heterocycles. The van der Waals surface area contributed by atoms with Gasteiger partial charge in [-0.1, -0.05) is 23.0 Å². The molecule has 2 N–H and O–H groups in total. The smallest absolute Gasteiger partial charge is 0.262 e. The molecule has 0 spiro atoms. The second kappa shape index (κ2) is 9.99. The normalized spacial score (nSPS) is 18.4. The maximum absolute atomic E-state index is 12.5. The molecule has 2 aromatic rings. The van der Waals surface area contributed by atoms with Gasteiger partial charge in [-0.05, 0) is 44.4 Å². The highest BCUT2D eigenvalue weighted by Crippen LogP contribution is 2.29. The lowest BCUT2D eigenvalue weighted by Gasteiger charge is -2.27. The van der Waals surface area contributed by atoms with Gasteiger partial charge in [0.25, 0.3) is 11.8 Å². The van der Waals surface area contributed by atoms with E-state index in [1.54, 1.807) is 37.3 Å². The van der Waals surface area contributed by atoms with Gasteiger partial charge in [0.1, 0.15) is 5.25 Å². The number of aliphatic imine (C=N–C) groups is 1. The maximum atomic E-state index is 12.5. The number of hydrogen-bond acceptors (Lipinski definition) is 7. The maximum Gasteiger partial charge on any atom is 0.262 e. The molecule has 1 fully saturated rings. The van der Waals surface area contributed by atoms with Crippen LogP contribution in [0.15, 0.2) is 39.8 Å². The van der Waals surface area contributed by atoms with Gasteiger partial charge in [0.05, 0.1) is 12.2 Å². The highest BCUT2D eigenvalue weighted by atomic mass is 32.2. The predicted octanol–water partition coefficient (Wildman–Crippen LogP) is 2.73. The lowest BCUT2D eigenvalue weighted by molar-refractivity contribution is -0.121. The van der Waals surface area contributed by atoms with Gasteiger partial charge in [-0.2, -0.15) is 4.99 Å². The number of benzene rings is 1. The zero-order chi connectivity index (χ0) is 22.5. The minimum atomic E-state index is -0.510. The molecule has 4 rings (SSSR count). The van der Waals surface area contributed by atoms with Crippen molar-refractivity contribution in [3.8, 4) is 0 Å². The van der Waals surface area contributed by atoms with Crippen LogP contribution in [0.3, 0.4) is 0 Å². The summed E-state index contributed by atoms with van der Waals surface area (Å²) in [5.41, 5.74) is 1.64. The number of rotatable bonds is 6. The number of amidine groups is 1. The first-order valence-corrected chi connectivity index (χ1v) is 11.5. The van der Waals surface area contributed by atoms with Gasteiger partial charge < -0.3 is 20.1 Å². The van der Waals surface area contributed by atoms with Crippen LogP contribution in [0.25, 0.3) is 0 Å². The van der Waals surface area contributed by atoms with Crippen molar-refractivity contribution in [1.29, 1.82) is 0 Å². The minimum absolute atomic E-state index is 0.0333. The van der Waals surface area contributed by atoms with Gasteiger partial charge in [-0.25, -0.2) is 0 Å². The van der Waals surface area contributed by atoms with Gasteiger partial charge in [-0.3, -0.25) is 14.4 Å². The molecule has 1 aromatic heterocycles. The first kappa shape index (κ1) is 22.1. The molecule has 0 radical (unpaired) electrons. The van der Waals surface area contributed by atoms with Crippen LogP contribution in [0.2, 0.25) is 0 Å². The second-order valence-electron chi connectivity index (χ2n) is 7.84. The molecule has 10 heteroatoms. The largest absolute Gasteiger partial charge is 0.359 e. The summed E-state index contributed by atoms with van der Waals surface area (Å²) in [4.78, 5) is 43.5. The molecule has 2 aliphatic heterocycles. The third kappa shape index (κ3) is 5.56. The Kier molecular flexibility index (Phi) is 6.89. The molecule has 0 aliphatic carbocycles. The van der Waals surface area contributed by atoms with Gasteiger partial charge >= 0.3 is 0 Å². The van der Waals surface area contributed by atoms with Crippen LogP contribution in [-0.4, -0.2) is 51.3 Å². The third-order valence-corrected chi connectivity index (χ3v) is 6.45. The molecule has 1 unspecified atom stereocenters. The number of amides is 3. The van der Waals surface area contributed by atoms with Crippen LogP contribution in [-0.2, 0) is 16.1 Å². The van der Waals surface area contributed by atoms with E-state index in [4.69, 9.17) is 4.52 Å². The standard InChI is InChI=1S/C22H25N5O4S/c1-14-10-17(31-26-14)13-23-20(29)15-6-5-7-16(11-15)24-19(28)12-18-21(30)25-22(32-18)27-8-3-2-4-9-27/h5-7,10-11,18H,2-4,8-9,12-13H2,1H3,(H,23,29)(H,24,28). The SMILES string of the molecule is Cc1cc(CNC(=O)c2cccc(NC(=O)CC3SC(N4CCCCC4)=NC3=O)c2)on1. The zero-order valence-electron chi connectivity index (χ0n) is 17.8. The van der Waals surface area contributed by atoms with Crippen LogP contribution in [0.1, 0.15) is 47.5 Å². The topological polar surface area (TPSA) is 117 Å². The third-order valence-electron chi connectivity index (χ3n) is 5.23. The summed E-state index contributed by atoms with van der Waals surface area (Å²) in [6.07, 6.45) is 3.43. The van der Waals surface area contributed by atoms with Crippen molar-refractivity contribution in [2.75, 3.05) is 18.4 Å². The molecule has 9 nitrogen and oxygen atoms in total. The second-order valence-corrected chi connectivity index (χ2v) is 9.01. The summed E-state index contributed by atoms with van der Waals surface area (Å²) >= 11 is 1.37. The van der Waals surface area contributed by atoms with Crippen LogP contribution in [0.5, 0.6) is 0 Å². The molecular weight excluding hydrogens is 430 g/mol. The van der Waals surface area contributed by atoms with Gasteiger partial charge in [0, 0.05) is 36.8 Å². The Bertz CT molecular complexity index is 1040. The number of carbonyl (C=O) groups excluding carboxylic acids is 3. The van der Waals surface area contributed by atoms with Crippen LogP contribution in [0, 0.1) is 6.92 Å². The van der Waals surface area contributed by atoms with Crippen molar-refractivity contribution >= 4 is 40.3 Å². The summed E-state index contributed by atoms with van der Waals surface area (Å²) in [5, 5.41) is 9.54. The molecular formula is C22H25N5O4S. The number of carbonyl (C=O) groups is 3. The minimum Gasteiger partial charge on any atom is -0.359 e. The van der Waals surface area contributed by atoms with Crippen molar-refractivity contribution in [2.24, 2.45) is 4.99 Å². The van der Waals surface area contributed by atoms with E-state index in [0.717, 1.165) is 36.8 Å². The summed E-state index contributed by atoms with van der Waals surface area (Å²) in [5.74, 6) is -0.288. The van der Waals surface area contributed by atoms with E-state index in [1.807, 2.05) is 0 Å². The molecule has 3 amide bonds. The molecule has 32 heavy (non-hydrogen) atoms. The van der Waals surface area contributed by atoms with Crippen LogP contribution in [0.4, 0.5) is 5.69 Å². The van der Waals surface area contributed by atoms with E-state index >= 15 is 0 Å². The molecule has 0 bridgehead atoms. The quantitative estimate of drug-likeness (QED) is 0.688. The molecule has 1 atom stereocenters. The van der Waals surface area contributed by atoms with Crippen LogP contribution < -0.4 is 10.6 Å². The number of nitrogens with zero attached hydrogens (tertiary/aromatic N) is 3. The number of thioether (sulfide) groups is 1. The molecule has 0 saturated carbocycles. The first-order valence-electron chi connectivity index (χ1n) is 10.6. The Hall–Kier alpha value is -3.14. The Morgan fingerprint density at radius 2 is 2.03 bits per heavy atom. The van der Waals surface area contributed by atoms with Gasteiger partial charge in [-0.15, -0.1) is 0 Å². The van der Waals surface area contributed by atoms with E-state index < -0.39 is 5.25 Å². The highest BCUT2D eigenvalue weighted by molar-refractivity contribution is 8.15. The number of hydrogen-bond donors (Lipinski definition) is 2. The first-order chi connectivity index (χ1) is 15.5. The Balaban J connectivity index is 1.29. The van der Waals surface area contributed by atoms with E-state index in [0.29, 0.717) is 17.0 Å². The number of nitrogens with one attached hydrogen (secondary N) is 2. The number of anilines is 1. The zero-order valence-corrected chi connectivity index (χ0v) is 18.6. The van der Waals surface area contributed by atoms with Crippen molar-refractivity contribution in [3.05, 3.63) is 47.3 Å². The van der Waals surface area contributed by atoms with E-state index in [2.05, 4.69) is 25.7 Å². The monoisotopic (exact) mass is 455 g/mol. The van der Waals surface area contributed by atoms with Crippen molar-refractivity contribution in [2.45, 2.75) is 44.4 Å². The van der Waals surface area contributed by atoms with Crippen molar-refractivity contribution < 1.29 is 18.9 Å². The lowest BCUT2D eigenvalue weighted by Crippen LogP contribution is -2.33. The average Bonchev–Trinajstić information content (AvgIpc) is 3.38. The lowest BCUT2D eigenvalue weighted by atomic mass is 10.1. The fourth-order valence-corrected chi connectivity index (χ4v) is 4.73. The Morgan fingerprint density at radius 1 is 1.22 bits per heavy atom.